The molecule has 1 heteroatoms. The Hall–Kier alpha value is -1.21. The Labute approximate surface area is 95.4 Å². The number of hydrogen-bond donors (Lipinski definition) is 0. The van der Waals surface area contributed by atoms with Gasteiger partial charge in [-0.3, -0.25) is 0 Å². The summed E-state index contributed by atoms with van der Waals surface area (Å²) >= 11 is 1.81. The van der Waals surface area contributed by atoms with Crippen molar-refractivity contribution in [2.24, 2.45) is 0 Å². The van der Waals surface area contributed by atoms with E-state index < -0.39 is 0 Å². The molecule has 0 aliphatic carbocycles. The normalized spacial score (nSPS) is 24.4. The second-order valence-corrected chi connectivity index (χ2v) is 5.11. The summed E-state index contributed by atoms with van der Waals surface area (Å²) in [6, 6.07) is 10.5. The molecule has 1 unspecified atom stereocenters. The first-order chi connectivity index (χ1) is 7.27. The summed E-state index contributed by atoms with van der Waals surface area (Å²) < 4.78 is 0.0279. The highest BCUT2D eigenvalue weighted by atomic mass is 32.2. The second-order valence-electron chi connectivity index (χ2n) is 3.65. The Morgan fingerprint density at radius 2 is 2.00 bits per heavy atom. The van der Waals surface area contributed by atoms with Crippen molar-refractivity contribution in [2.75, 3.05) is 0 Å². The largest absolute Gasteiger partial charge is 0.111 e. The highest BCUT2D eigenvalue weighted by Crippen LogP contribution is 2.49. The lowest BCUT2D eigenvalue weighted by atomic mass is 9.94. The predicted octanol–water partition coefficient (Wildman–Crippen LogP) is 4.27. The van der Waals surface area contributed by atoms with E-state index in [1.54, 1.807) is 0 Å². The maximum atomic E-state index is 4.00. The van der Waals surface area contributed by atoms with Crippen LogP contribution in [-0.4, -0.2) is 0 Å². The first kappa shape index (κ1) is 10.3. The van der Waals surface area contributed by atoms with E-state index in [4.69, 9.17) is 0 Å². The van der Waals surface area contributed by atoms with Gasteiger partial charge in [0.2, 0.25) is 0 Å². The van der Waals surface area contributed by atoms with Gasteiger partial charge in [0.05, 0.1) is 4.75 Å². The smallest absolute Gasteiger partial charge is 0.0672 e. The van der Waals surface area contributed by atoms with Gasteiger partial charge < -0.3 is 0 Å². The van der Waals surface area contributed by atoms with E-state index in [1.807, 2.05) is 23.9 Å². The zero-order chi connectivity index (χ0) is 10.7. The quantitative estimate of drug-likeness (QED) is 0.677. The molecular weight excluding hydrogens is 200 g/mol. The van der Waals surface area contributed by atoms with Crippen LogP contribution in [0.4, 0.5) is 0 Å². The third kappa shape index (κ3) is 1.93. The molecule has 0 N–H and O–H groups in total. The maximum absolute atomic E-state index is 4.00. The second kappa shape index (κ2) is 4.11. The van der Waals surface area contributed by atoms with E-state index in [0.717, 1.165) is 11.3 Å². The van der Waals surface area contributed by atoms with Crippen molar-refractivity contribution in [1.82, 2.24) is 0 Å². The number of thioether (sulfide) groups is 1. The molecule has 2 rings (SSSR count). The minimum atomic E-state index is 0.0279. The average Bonchev–Trinajstić information content (AvgIpc) is 2.63. The van der Waals surface area contributed by atoms with Crippen molar-refractivity contribution < 1.29 is 0 Å². The molecule has 0 nitrogen and oxygen atoms in total. The molecule has 1 atom stereocenters. The third-order valence-corrected chi connectivity index (χ3v) is 3.86. The summed E-state index contributed by atoms with van der Waals surface area (Å²) in [5.74, 6) is 0. The van der Waals surface area contributed by atoms with Crippen molar-refractivity contribution in [2.45, 2.75) is 11.2 Å². The molecule has 0 saturated carbocycles. The van der Waals surface area contributed by atoms with Crippen molar-refractivity contribution in [1.29, 1.82) is 0 Å². The fraction of sp³-hybridized carbons (Fsp3) is 0.143. The third-order valence-electron chi connectivity index (χ3n) is 2.56. The van der Waals surface area contributed by atoms with E-state index in [0.29, 0.717) is 0 Å². The average molecular weight is 214 g/mol. The molecule has 0 spiro atoms. The van der Waals surface area contributed by atoms with Crippen LogP contribution in [0.5, 0.6) is 0 Å². The van der Waals surface area contributed by atoms with Crippen molar-refractivity contribution >= 4 is 11.8 Å². The van der Waals surface area contributed by atoms with Crippen LogP contribution in [0.2, 0.25) is 0 Å². The van der Waals surface area contributed by atoms with Gasteiger partial charge in [0.1, 0.15) is 0 Å². The molecule has 1 heterocycles. The zero-order valence-electron chi connectivity index (χ0n) is 8.65. The number of allylic oxidation sites excluding steroid dienone is 2. The summed E-state index contributed by atoms with van der Waals surface area (Å²) in [5, 5.41) is 0. The number of rotatable bonds is 3. The first-order valence-electron chi connectivity index (χ1n) is 5.00. The lowest BCUT2D eigenvalue weighted by molar-refractivity contribution is 0.798. The van der Waals surface area contributed by atoms with Gasteiger partial charge in [0.25, 0.3) is 0 Å². The molecule has 76 valence electrons. The number of benzene rings is 1. The summed E-state index contributed by atoms with van der Waals surface area (Å²) in [6.07, 6.45) is 7.25. The zero-order valence-corrected chi connectivity index (χ0v) is 9.46. The van der Waals surface area contributed by atoms with Gasteiger partial charge in [-0.05, 0) is 12.0 Å². The van der Waals surface area contributed by atoms with Gasteiger partial charge in [0, 0.05) is 4.91 Å². The molecular formula is C14H14S. The topological polar surface area (TPSA) is 0 Å². The Bertz CT molecular complexity index is 403. The fourth-order valence-corrected chi connectivity index (χ4v) is 3.04. The minimum Gasteiger partial charge on any atom is -0.111 e. The molecule has 1 aliphatic rings. The van der Waals surface area contributed by atoms with Crippen LogP contribution in [0, 0.1) is 0 Å². The van der Waals surface area contributed by atoms with Crippen LogP contribution < -0.4 is 0 Å². The first-order valence-corrected chi connectivity index (χ1v) is 5.82. The fourth-order valence-electron chi connectivity index (χ4n) is 1.85. The van der Waals surface area contributed by atoms with Crippen LogP contribution in [-0.2, 0) is 4.75 Å². The maximum Gasteiger partial charge on any atom is 0.0672 e. The highest BCUT2D eigenvalue weighted by molar-refractivity contribution is 8.04. The monoisotopic (exact) mass is 214 g/mol. The van der Waals surface area contributed by atoms with E-state index in [2.05, 4.69) is 49.6 Å². The van der Waals surface area contributed by atoms with Gasteiger partial charge in [-0.15, -0.1) is 18.3 Å². The van der Waals surface area contributed by atoms with Crippen LogP contribution >= 0.6 is 11.8 Å². The van der Waals surface area contributed by atoms with Crippen LogP contribution in [0.3, 0.4) is 0 Å². The van der Waals surface area contributed by atoms with E-state index >= 15 is 0 Å². The van der Waals surface area contributed by atoms with Gasteiger partial charge in [0.15, 0.2) is 0 Å². The SMILES string of the molecule is C=CCC1(c2ccccc2)C=CC(=C)S1. The van der Waals surface area contributed by atoms with Crippen LogP contribution in [0.15, 0.2) is 66.6 Å². The Kier molecular flexibility index (Phi) is 2.83. The molecule has 1 aliphatic heterocycles. The molecule has 1 aromatic carbocycles. The molecule has 1 aromatic rings. The summed E-state index contributed by atoms with van der Waals surface area (Å²) in [6.45, 7) is 7.84. The molecule has 15 heavy (non-hydrogen) atoms. The lowest BCUT2D eigenvalue weighted by Gasteiger charge is -2.25. The van der Waals surface area contributed by atoms with Crippen LogP contribution in [0.25, 0.3) is 0 Å². The standard InChI is InChI=1S/C14H14S/c1-3-10-14(11-9-12(2)15-14)13-7-5-4-6-8-13/h3-9,11H,1-2,10H2. The molecule has 0 radical (unpaired) electrons. The van der Waals surface area contributed by atoms with Gasteiger partial charge in [-0.2, -0.15) is 0 Å². The van der Waals surface area contributed by atoms with E-state index in [1.165, 1.54) is 5.56 Å². The molecule has 0 bridgehead atoms. The number of hydrogen-bond acceptors (Lipinski definition) is 1. The van der Waals surface area contributed by atoms with Gasteiger partial charge in [-0.25, -0.2) is 0 Å². The van der Waals surface area contributed by atoms with Gasteiger partial charge in [-0.1, -0.05) is 55.1 Å². The summed E-state index contributed by atoms with van der Waals surface area (Å²) in [7, 11) is 0. The Morgan fingerprint density at radius 3 is 2.53 bits per heavy atom. The van der Waals surface area contributed by atoms with Crippen molar-refractivity contribution in [3.63, 3.8) is 0 Å². The lowest BCUT2D eigenvalue weighted by Crippen LogP contribution is -2.15. The summed E-state index contributed by atoms with van der Waals surface area (Å²) in [5.41, 5.74) is 1.32. The summed E-state index contributed by atoms with van der Waals surface area (Å²) in [4.78, 5) is 1.13. The van der Waals surface area contributed by atoms with E-state index in [9.17, 15) is 0 Å². The minimum absolute atomic E-state index is 0.0279. The van der Waals surface area contributed by atoms with Crippen molar-refractivity contribution in [3.8, 4) is 0 Å². The van der Waals surface area contributed by atoms with Gasteiger partial charge >= 0.3 is 0 Å². The van der Waals surface area contributed by atoms with Crippen LogP contribution in [0.1, 0.15) is 12.0 Å². The van der Waals surface area contributed by atoms with Crippen molar-refractivity contribution in [3.05, 3.63) is 72.2 Å². The molecule has 0 amide bonds. The molecule has 0 fully saturated rings. The predicted molar refractivity (Wildman–Crippen MR) is 68.8 cm³/mol. The van der Waals surface area contributed by atoms with E-state index in [-0.39, 0.29) is 4.75 Å². The molecule has 0 aromatic heterocycles. The molecule has 0 saturated heterocycles. The Morgan fingerprint density at radius 1 is 1.27 bits per heavy atom. The Balaban J connectivity index is 2.40. The highest BCUT2D eigenvalue weighted by Gasteiger charge is 2.32.